The number of fused-ring (bicyclic) bond motifs is 1. The van der Waals surface area contributed by atoms with Gasteiger partial charge in [-0.15, -0.1) is 0 Å². The highest BCUT2D eigenvalue weighted by Gasteiger charge is 2.16. The number of nitrogens with zero attached hydrogens (tertiary/aromatic N) is 2. The largest absolute Gasteiger partial charge is 0.497 e. The van der Waals surface area contributed by atoms with Crippen LogP contribution < -0.4 is 15.8 Å². The van der Waals surface area contributed by atoms with Crippen LogP contribution in [0.3, 0.4) is 0 Å². The van der Waals surface area contributed by atoms with Crippen LogP contribution in [0.4, 0.5) is 10.2 Å². The van der Waals surface area contributed by atoms with E-state index in [0.717, 1.165) is 10.8 Å². The number of nitrogens with two attached hydrogens (primary N) is 1. The molecule has 0 amide bonds. The fourth-order valence-electron chi connectivity index (χ4n) is 2.75. The predicted octanol–water partition coefficient (Wildman–Crippen LogP) is 2.26. The van der Waals surface area contributed by atoms with E-state index in [0.29, 0.717) is 35.8 Å². The summed E-state index contributed by atoms with van der Waals surface area (Å²) in [6.07, 6.45) is 0. The third kappa shape index (κ3) is 5.39. The Morgan fingerprint density at radius 1 is 1.17 bits per heavy atom. The standard InChI is InChI=1S/C19H16FN3O2.C2H7NO/c1-25-14-5-6-15-16(10-14)18(12-3-2-4-13(20)9-12)17(11-21)23-19(15)22-7-8-24;3-1-2-4/h2-6,9-10,24H,7-8H2,1H3,(H,22,23);4H,1-3H2. The molecule has 3 aromatic rings. The smallest absolute Gasteiger partial charge is 0.151 e. The first kappa shape index (κ1) is 22.0. The van der Waals surface area contributed by atoms with Crippen LogP contribution in [-0.2, 0) is 0 Å². The van der Waals surface area contributed by atoms with Crippen molar-refractivity contribution in [3.63, 3.8) is 0 Å². The number of aliphatic hydroxyl groups is 2. The summed E-state index contributed by atoms with van der Waals surface area (Å²) in [6, 6.07) is 13.5. The highest BCUT2D eigenvalue weighted by Crippen LogP contribution is 2.36. The topological polar surface area (TPSA) is 124 Å². The summed E-state index contributed by atoms with van der Waals surface area (Å²) in [7, 11) is 1.56. The molecule has 7 nitrogen and oxygen atoms in total. The first-order valence-electron chi connectivity index (χ1n) is 8.93. The van der Waals surface area contributed by atoms with E-state index in [-0.39, 0.29) is 24.7 Å². The van der Waals surface area contributed by atoms with Crippen molar-refractivity contribution < 1.29 is 19.3 Å². The molecule has 0 saturated carbocycles. The molecule has 0 radical (unpaired) electrons. The molecule has 8 heteroatoms. The monoisotopic (exact) mass is 398 g/mol. The molecule has 1 aromatic heterocycles. The minimum atomic E-state index is -0.389. The van der Waals surface area contributed by atoms with Gasteiger partial charge in [-0.2, -0.15) is 5.26 Å². The minimum absolute atomic E-state index is 0.0626. The van der Waals surface area contributed by atoms with Gasteiger partial charge in [-0.25, -0.2) is 9.37 Å². The number of anilines is 1. The van der Waals surface area contributed by atoms with E-state index in [1.807, 2.05) is 6.07 Å². The SMILES string of the molecule is COc1ccc2c(NCCO)nc(C#N)c(-c3cccc(F)c3)c2c1.NCCO. The van der Waals surface area contributed by atoms with Gasteiger partial charge in [-0.1, -0.05) is 12.1 Å². The summed E-state index contributed by atoms with van der Waals surface area (Å²) in [4.78, 5) is 4.37. The van der Waals surface area contributed by atoms with Crippen molar-refractivity contribution in [1.82, 2.24) is 4.98 Å². The molecule has 0 unspecified atom stereocenters. The molecule has 0 atom stereocenters. The number of aliphatic hydroxyl groups excluding tert-OH is 2. The summed E-state index contributed by atoms with van der Waals surface area (Å²) < 4.78 is 19.0. The zero-order valence-electron chi connectivity index (χ0n) is 16.0. The number of pyridine rings is 1. The molecular weight excluding hydrogens is 375 g/mol. The lowest BCUT2D eigenvalue weighted by Crippen LogP contribution is -2.09. The van der Waals surface area contributed by atoms with Crippen molar-refractivity contribution >= 4 is 16.6 Å². The molecule has 0 bridgehead atoms. The molecule has 5 N–H and O–H groups in total. The van der Waals surface area contributed by atoms with Crippen molar-refractivity contribution in [3.8, 4) is 22.9 Å². The van der Waals surface area contributed by atoms with Crippen LogP contribution in [-0.4, -0.2) is 48.6 Å². The van der Waals surface area contributed by atoms with Crippen LogP contribution in [0.25, 0.3) is 21.9 Å². The first-order valence-corrected chi connectivity index (χ1v) is 8.93. The molecule has 0 spiro atoms. The van der Waals surface area contributed by atoms with Crippen molar-refractivity contribution in [1.29, 1.82) is 5.26 Å². The van der Waals surface area contributed by atoms with Crippen LogP contribution in [0, 0.1) is 17.1 Å². The zero-order chi connectivity index (χ0) is 21.2. The Morgan fingerprint density at radius 3 is 2.52 bits per heavy atom. The zero-order valence-corrected chi connectivity index (χ0v) is 16.0. The van der Waals surface area contributed by atoms with E-state index in [9.17, 15) is 9.65 Å². The highest BCUT2D eigenvalue weighted by molar-refractivity contribution is 6.04. The maximum atomic E-state index is 13.7. The molecule has 0 fully saturated rings. The predicted molar refractivity (Wildman–Crippen MR) is 110 cm³/mol. The van der Waals surface area contributed by atoms with Crippen LogP contribution in [0.2, 0.25) is 0 Å². The van der Waals surface area contributed by atoms with E-state index < -0.39 is 0 Å². The quantitative estimate of drug-likeness (QED) is 0.502. The van der Waals surface area contributed by atoms with Gasteiger partial charge in [0, 0.05) is 24.0 Å². The number of benzene rings is 2. The Labute approximate surface area is 168 Å². The molecule has 152 valence electrons. The number of nitriles is 1. The van der Waals surface area contributed by atoms with Gasteiger partial charge in [-0.3, -0.25) is 0 Å². The normalized spacial score (nSPS) is 10.1. The van der Waals surface area contributed by atoms with Gasteiger partial charge in [0.25, 0.3) is 0 Å². The van der Waals surface area contributed by atoms with Crippen LogP contribution >= 0.6 is 0 Å². The molecule has 2 aromatic carbocycles. The van der Waals surface area contributed by atoms with Crippen molar-refractivity contribution in [2.24, 2.45) is 5.73 Å². The summed E-state index contributed by atoms with van der Waals surface area (Å²) in [5.41, 5.74) is 6.06. The van der Waals surface area contributed by atoms with Crippen molar-refractivity contribution in [2.45, 2.75) is 0 Å². The molecular formula is C21H23FN4O3. The maximum Gasteiger partial charge on any atom is 0.151 e. The number of rotatable bonds is 6. The lowest BCUT2D eigenvalue weighted by Gasteiger charge is -2.15. The lowest BCUT2D eigenvalue weighted by atomic mass is 9.96. The third-order valence-electron chi connectivity index (χ3n) is 3.96. The number of halogens is 1. The molecule has 3 rings (SSSR count). The Morgan fingerprint density at radius 2 is 1.93 bits per heavy atom. The fraction of sp³-hybridized carbons (Fsp3) is 0.238. The molecule has 0 saturated heterocycles. The van der Waals surface area contributed by atoms with Gasteiger partial charge in [-0.05, 0) is 41.3 Å². The van der Waals surface area contributed by atoms with Gasteiger partial charge in [0.2, 0.25) is 0 Å². The average molecular weight is 398 g/mol. The summed E-state index contributed by atoms with van der Waals surface area (Å²) in [5.74, 6) is 0.719. The average Bonchev–Trinajstić information content (AvgIpc) is 2.76. The second-order valence-electron chi connectivity index (χ2n) is 5.88. The van der Waals surface area contributed by atoms with E-state index in [4.69, 9.17) is 20.7 Å². The lowest BCUT2D eigenvalue weighted by molar-refractivity contribution is 0.306. The Bertz CT molecular complexity index is 1000. The molecule has 0 aliphatic rings. The molecule has 29 heavy (non-hydrogen) atoms. The Hall–Kier alpha value is -3.25. The third-order valence-corrected chi connectivity index (χ3v) is 3.96. The number of methoxy groups -OCH3 is 1. The fourth-order valence-corrected chi connectivity index (χ4v) is 2.75. The van der Waals surface area contributed by atoms with Gasteiger partial charge in [0.15, 0.2) is 5.69 Å². The second-order valence-corrected chi connectivity index (χ2v) is 5.88. The van der Waals surface area contributed by atoms with Crippen LogP contribution in [0.1, 0.15) is 5.69 Å². The number of hydrogen-bond donors (Lipinski definition) is 4. The minimum Gasteiger partial charge on any atom is -0.497 e. The van der Waals surface area contributed by atoms with E-state index in [2.05, 4.69) is 16.4 Å². The van der Waals surface area contributed by atoms with E-state index in [1.54, 1.807) is 31.4 Å². The number of aromatic nitrogens is 1. The summed E-state index contributed by atoms with van der Waals surface area (Å²) in [6.45, 7) is 0.713. The molecule has 1 heterocycles. The number of ether oxygens (including phenoxy) is 1. The summed E-state index contributed by atoms with van der Waals surface area (Å²) in [5, 5.41) is 30.9. The highest BCUT2D eigenvalue weighted by atomic mass is 19.1. The maximum absolute atomic E-state index is 13.7. The Balaban J connectivity index is 0.000000687. The van der Waals surface area contributed by atoms with Crippen molar-refractivity contribution in [3.05, 3.63) is 54.0 Å². The van der Waals surface area contributed by atoms with Crippen LogP contribution in [0.5, 0.6) is 5.75 Å². The van der Waals surface area contributed by atoms with Crippen LogP contribution in [0.15, 0.2) is 42.5 Å². The van der Waals surface area contributed by atoms with Crippen molar-refractivity contribution in [2.75, 3.05) is 38.7 Å². The van der Waals surface area contributed by atoms with E-state index >= 15 is 0 Å². The van der Waals surface area contributed by atoms with E-state index in [1.165, 1.54) is 12.1 Å². The summed E-state index contributed by atoms with van der Waals surface area (Å²) >= 11 is 0. The number of nitrogens with one attached hydrogen (secondary N) is 1. The second kappa shape index (κ2) is 10.9. The van der Waals surface area contributed by atoms with Gasteiger partial charge in [0.05, 0.1) is 20.3 Å². The molecule has 0 aliphatic carbocycles. The first-order chi connectivity index (χ1) is 14.1. The number of hydrogen-bond acceptors (Lipinski definition) is 7. The van der Waals surface area contributed by atoms with Gasteiger partial charge < -0.3 is 26.0 Å². The Kier molecular flexibility index (Phi) is 8.30. The van der Waals surface area contributed by atoms with Gasteiger partial charge >= 0.3 is 0 Å². The molecule has 0 aliphatic heterocycles. The van der Waals surface area contributed by atoms with Gasteiger partial charge in [0.1, 0.15) is 23.5 Å².